The van der Waals surface area contributed by atoms with Crippen molar-refractivity contribution in [3.8, 4) is 0 Å². The number of carbonyl (C=O) groups is 1. The van der Waals surface area contributed by atoms with Crippen LogP contribution in [0.15, 0.2) is 18.2 Å². The molecule has 0 unspecified atom stereocenters. The zero-order valence-electron chi connectivity index (χ0n) is 17.0. The molecule has 6 heteroatoms. The van der Waals surface area contributed by atoms with Crippen molar-refractivity contribution < 1.29 is 9.90 Å². The molecule has 2 heterocycles. The number of β-amino-alcohol motifs (C(OH)–C–C–N with tert-alkyl or cyclic N) is 1. The van der Waals surface area contributed by atoms with Crippen molar-refractivity contribution in [3.63, 3.8) is 0 Å². The monoisotopic (exact) mass is 374 g/mol. The summed E-state index contributed by atoms with van der Waals surface area (Å²) in [6.07, 6.45) is 0. The van der Waals surface area contributed by atoms with E-state index in [0.717, 1.165) is 63.6 Å². The molecule has 2 aliphatic heterocycles. The van der Waals surface area contributed by atoms with Gasteiger partial charge in [0.2, 0.25) is 0 Å². The normalized spacial score (nSPS) is 19.4. The summed E-state index contributed by atoms with van der Waals surface area (Å²) in [5.74, 6) is 0.126. The van der Waals surface area contributed by atoms with Gasteiger partial charge in [-0.3, -0.25) is 9.69 Å². The number of anilines is 1. The van der Waals surface area contributed by atoms with Crippen LogP contribution in [0.2, 0.25) is 0 Å². The van der Waals surface area contributed by atoms with E-state index in [9.17, 15) is 4.79 Å². The lowest BCUT2D eigenvalue weighted by atomic mass is 9.85. The number of benzene rings is 1. The Morgan fingerprint density at radius 1 is 1.04 bits per heavy atom. The minimum absolute atomic E-state index is 0.00109. The van der Waals surface area contributed by atoms with Crippen LogP contribution in [0, 0.1) is 0 Å². The van der Waals surface area contributed by atoms with E-state index in [1.165, 1.54) is 5.56 Å². The fourth-order valence-corrected chi connectivity index (χ4v) is 3.77. The second-order valence-corrected chi connectivity index (χ2v) is 8.61. The van der Waals surface area contributed by atoms with Crippen LogP contribution in [0.3, 0.4) is 0 Å². The van der Waals surface area contributed by atoms with Gasteiger partial charge in [-0.1, -0.05) is 20.8 Å². The Hall–Kier alpha value is -1.63. The molecule has 0 aromatic heterocycles. The zero-order chi connectivity index (χ0) is 19.4. The van der Waals surface area contributed by atoms with Gasteiger partial charge in [-0.05, 0) is 29.2 Å². The van der Waals surface area contributed by atoms with Gasteiger partial charge in [0.15, 0.2) is 0 Å². The molecule has 0 aliphatic carbocycles. The Balaban J connectivity index is 1.82. The Bertz CT molecular complexity index is 642. The van der Waals surface area contributed by atoms with Gasteiger partial charge in [-0.2, -0.15) is 0 Å². The first-order chi connectivity index (χ1) is 12.9. The topological polar surface area (TPSA) is 59.1 Å². The second kappa shape index (κ2) is 8.59. The number of nitrogens with zero attached hydrogens (tertiary/aromatic N) is 3. The van der Waals surface area contributed by atoms with Gasteiger partial charge in [-0.15, -0.1) is 0 Å². The first kappa shape index (κ1) is 20.1. The molecule has 2 aliphatic rings. The van der Waals surface area contributed by atoms with E-state index >= 15 is 0 Å². The average molecular weight is 375 g/mol. The second-order valence-electron chi connectivity index (χ2n) is 8.61. The molecule has 0 bridgehead atoms. The lowest BCUT2D eigenvalue weighted by Gasteiger charge is -2.35. The molecule has 2 fully saturated rings. The van der Waals surface area contributed by atoms with Gasteiger partial charge in [0.25, 0.3) is 5.91 Å². The first-order valence-electron chi connectivity index (χ1n) is 10.1. The van der Waals surface area contributed by atoms with Crippen molar-refractivity contribution in [2.45, 2.75) is 26.2 Å². The third kappa shape index (κ3) is 5.00. The minimum Gasteiger partial charge on any atom is -0.395 e. The van der Waals surface area contributed by atoms with Crippen molar-refractivity contribution in [2.75, 3.05) is 70.4 Å². The quantitative estimate of drug-likeness (QED) is 0.828. The number of piperazine rings is 2. The minimum atomic E-state index is -0.00109. The van der Waals surface area contributed by atoms with Gasteiger partial charge in [0.05, 0.1) is 6.61 Å². The molecule has 1 aromatic carbocycles. The Kier molecular flexibility index (Phi) is 6.40. The number of amides is 1. The standard InChI is InChI=1S/C21H34N4O2/c1-21(2,3)18-14-17(15-19(16-18)24-6-4-22-5-7-24)20(27)25-10-8-23(9-11-25)12-13-26/h14-16,22,26H,4-13H2,1-3H3. The van der Waals surface area contributed by atoms with E-state index in [2.05, 4.69) is 54.1 Å². The number of aliphatic hydroxyl groups is 1. The lowest BCUT2D eigenvalue weighted by molar-refractivity contribution is 0.0615. The van der Waals surface area contributed by atoms with Crippen molar-refractivity contribution in [1.82, 2.24) is 15.1 Å². The fourth-order valence-electron chi connectivity index (χ4n) is 3.77. The summed E-state index contributed by atoms with van der Waals surface area (Å²) in [4.78, 5) is 19.7. The smallest absolute Gasteiger partial charge is 0.254 e. The van der Waals surface area contributed by atoms with Gasteiger partial charge < -0.3 is 20.2 Å². The van der Waals surface area contributed by atoms with E-state index in [-0.39, 0.29) is 17.9 Å². The van der Waals surface area contributed by atoms with Crippen LogP contribution in [0.25, 0.3) is 0 Å². The zero-order valence-corrected chi connectivity index (χ0v) is 17.0. The van der Waals surface area contributed by atoms with Gasteiger partial charge >= 0.3 is 0 Å². The molecule has 3 rings (SSSR count). The molecule has 2 N–H and O–H groups in total. The molecule has 0 spiro atoms. The number of aliphatic hydroxyl groups excluding tert-OH is 1. The summed E-state index contributed by atoms with van der Waals surface area (Å²) >= 11 is 0. The molecule has 1 aromatic rings. The molecule has 0 atom stereocenters. The van der Waals surface area contributed by atoms with E-state index in [4.69, 9.17) is 5.11 Å². The average Bonchev–Trinajstić information content (AvgIpc) is 2.68. The molecular weight excluding hydrogens is 340 g/mol. The van der Waals surface area contributed by atoms with Gasteiger partial charge in [0, 0.05) is 70.2 Å². The summed E-state index contributed by atoms with van der Waals surface area (Å²) in [6, 6.07) is 6.40. The van der Waals surface area contributed by atoms with Gasteiger partial charge in [-0.25, -0.2) is 0 Å². The summed E-state index contributed by atoms with van der Waals surface area (Å²) in [5.41, 5.74) is 3.16. The summed E-state index contributed by atoms with van der Waals surface area (Å²) in [6.45, 7) is 14.5. The number of rotatable bonds is 4. The third-order valence-electron chi connectivity index (χ3n) is 5.59. The molecular formula is C21H34N4O2. The van der Waals surface area contributed by atoms with Gasteiger partial charge in [0.1, 0.15) is 0 Å². The number of hydrogen-bond acceptors (Lipinski definition) is 5. The van der Waals surface area contributed by atoms with Crippen molar-refractivity contribution in [1.29, 1.82) is 0 Å². The van der Waals surface area contributed by atoms with Crippen LogP contribution in [0.1, 0.15) is 36.7 Å². The van der Waals surface area contributed by atoms with Crippen LogP contribution in [0.5, 0.6) is 0 Å². The van der Waals surface area contributed by atoms with E-state index in [1.54, 1.807) is 0 Å². The maximum absolute atomic E-state index is 13.2. The largest absolute Gasteiger partial charge is 0.395 e. The molecule has 6 nitrogen and oxygen atoms in total. The summed E-state index contributed by atoms with van der Waals surface area (Å²) in [5, 5.41) is 12.5. The maximum Gasteiger partial charge on any atom is 0.254 e. The predicted molar refractivity (Wildman–Crippen MR) is 110 cm³/mol. The Labute approximate surface area is 163 Å². The third-order valence-corrected chi connectivity index (χ3v) is 5.59. The molecule has 150 valence electrons. The highest BCUT2D eigenvalue weighted by atomic mass is 16.3. The van der Waals surface area contributed by atoms with Crippen LogP contribution in [-0.2, 0) is 5.41 Å². The van der Waals surface area contributed by atoms with E-state index in [1.807, 2.05) is 4.90 Å². The molecule has 1 amide bonds. The van der Waals surface area contributed by atoms with E-state index in [0.29, 0.717) is 6.54 Å². The molecule has 0 saturated carbocycles. The Morgan fingerprint density at radius 3 is 2.30 bits per heavy atom. The highest BCUT2D eigenvalue weighted by Crippen LogP contribution is 2.29. The van der Waals surface area contributed by atoms with Crippen LogP contribution in [-0.4, -0.2) is 86.3 Å². The highest BCUT2D eigenvalue weighted by molar-refractivity contribution is 5.95. The number of carbonyl (C=O) groups excluding carboxylic acids is 1. The van der Waals surface area contributed by atoms with Crippen LogP contribution >= 0.6 is 0 Å². The maximum atomic E-state index is 13.2. The molecule has 27 heavy (non-hydrogen) atoms. The van der Waals surface area contributed by atoms with Crippen molar-refractivity contribution >= 4 is 11.6 Å². The summed E-state index contributed by atoms with van der Waals surface area (Å²) in [7, 11) is 0. The molecule has 2 saturated heterocycles. The van der Waals surface area contributed by atoms with Crippen LogP contribution in [0.4, 0.5) is 5.69 Å². The Morgan fingerprint density at radius 2 is 1.70 bits per heavy atom. The number of hydrogen-bond donors (Lipinski definition) is 2. The number of nitrogens with one attached hydrogen (secondary N) is 1. The fraction of sp³-hybridized carbons (Fsp3) is 0.667. The van der Waals surface area contributed by atoms with Crippen molar-refractivity contribution in [3.05, 3.63) is 29.3 Å². The lowest BCUT2D eigenvalue weighted by Crippen LogP contribution is -2.49. The summed E-state index contributed by atoms with van der Waals surface area (Å²) < 4.78 is 0. The first-order valence-corrected chi connectivity index (χ1v) is 10.1. The van der Waals surface area contributed by atoms with Crippen LogP contribution < -0.4 is 10.2 Å². The molecule has 0 radical (unpaired) electrons. The van der Waals surface area contributed by atoms with E-state index < -0.39 is 0 Å². The van der Waals surface area contributed by atoms with Crippen molar-refractivity contribution in [2.24, 2.45) is 0 Å². The highest BCUT2D eigenvalue weighted by Gasteiger charge is 2.25. The predicted octanol–water partition coefficient (Wildman–Crippen LogP) is 1.14. The SMILES string of the molecule is CC(C)(C)c1cc(C(=O)N2CCN(CCO)CC2)cc(N2CCNCC2)c1.